The van der Waals surface area contributed by atoms with Gasteiger partial charge in [0.25, 0.3) is 5.91 Å². The second kappa shape index (κ2) is 4.71. The molecule has 1 aliphatic carbocycles. The van der Waals surface area contributed by atoms with Gasteiger partial charge in [0.15, 0.2) is 0 Å². The number of nitrogens with zero attached hydrogens (tertiary/aromatic N) is 1. The Morgan fingerprint density at radius 2 is 2.00 bits per heavy atom. The van der Waals surface area contributed by atoms with Gasteiger partial charge in [-0.3, -0.25) is 4.79 Å². The van der Waals surface area contributed by atoms with Crippen LogP contribution in [0.3, 0.4) is 0 Å². The molecule has 0 aromatic heterocycles. The van der Waals surface area contributed by atoms with Gasteiger partial charge in [-0.05, 0) is 25.0 Å². The Kier molecular flexibility index (Phi) is 3.38. The van der Waals surface area contributed by atoms with E-state index in [2.05, 4.69) is 0 Å². The highest BCUT2D eigenvalue weighted by Crippen LogP contribution is 2.32. The van der Waals surface area contributed by atoms with Crippen LogP contribution in [0.2, 0.25) is 0 Å². The first kappa shape index (κ1) is 13.6. The van der Waals surface area contributed by atoms with E-state index in [4.69, 9.17) is 5.11 Å². The molecule has 1 aromatic carbocycles. The van der Waals surface area contributed by atoms with Gasteiger partial charge in [-0.2, -0.15) is 13.2 Å². The fourth-order valence-electron chi connectivity index (χ4n) is 1.78. The number of phenols is 1. The molecule has 0 spiro atoms. The van der Waals surface area contributed by atoms with Crippen molar-refractivity contribution in [1.82, 2.24) is 4.90 Å². The maximum absolute atomic E-state index is 13.5. The highest BCUT2D eigenvalue weighted by atomic mass is 19.4. The number of hydrogen-bond acceptors (Lipinski definition) is 2. The third-order valence-corrected chi connectivity index (χ3v) is 2.78. The summed E-state index contributed by atoms with van der Waals surface area (Å²) in [5.74, 6) is -2.42. The Bertz CT molecular complexity index is 497. The molecular formula is C12H11F4NO2. The fraction of sp³-hybridized carbons (Fsp3) is 0.417. The van der Waals surface area contributed by atoms with Crippen molar-refractivity contribution in [3.05, 3.63) is 29.6 Å². The number of carbonyl (C=O) groups is 1. The average Bonchev–Trinajstić information content (AvgIpc) is 3.07. The number of halogens is 4. The summed E-state index contributed by atoms with van der Waals surface area (Å²) in [6.45, 7) is -1.39. The molecule has 1 aliphatic rings. The molecular weight excluding hydrogens is 266 g/mol. The van der Waals surface area contributed by atoms with Crippen molar-refractivity contribution >= 4 is 5.91 Å². The molecule has 3 nitrogen and oxygen atoms in total. The van der Waals surface area contributed by atoms with Crippen molar-refractivity contribution in [3.63, 3.8) is 0 Å². The molecule has 0 saturated heterocycles. The van der Waals surface area contributed by atoms with E-state index < -0.39 is 36.1 Å². The quantitative estimate of drug-likeness (QED) is 0.863. The van der Waals surface area contributed by atoms with Crippen LogP contribution in [0.4, 0.5) is 17.6 Å². The monoisotopic (exact) mass is 277 g/mol. The number of rotatable bonds is 3. The Labute approximate surface area is 106 Å². The zero-order valence-corrected chi connectivity index (χ0v) is 9.75. The second-order valence-corrected chi connectivity index (χ2v) is 4.44. The number of hydrogen-bond donors (Lipinski definition) is 1. The zero-order chi connectivity index (χ0) is 14.2. The molecule has 104 valence electrons. The molecule has 0 atom stereocenters. The SMILES string of the molecule is O=C(c1ccc(O)cc1F)N(CC(F)(F)F)C1CC1. The molecule has 0 bridgehead atoms. The molecule has 1 N–H and O–H groups in total. The van der Waals surface area contributed by atoms with E-state index in [1.807, 2.05) is 0 Å². The molecule has 0 heterocycles. The first-order valence-electron chi connectivity index (χ1n) is 5.64. The first-order chi connectivity index (χ1) is 8.78. The molecule has 2 rings (SSSR count). The van der Waals surface area contributed by atoms with E-state index >= 15 is 0 Å². The van der Waals surface area contributed by atoms with Crippen LogP contribution < -0.4 is 0 Å². The van der Waals surface area contributed by atoms with Crippen LogP contribution in [0, 0.1) is 5.82 Å². The Morgan fingerprint density at radius 3 is 2.47 bits per heavy atom. The normalized spacial score (nSPS) is 15.4. The van der Waals surface area contributed by atoms with Crippen LogP contribution >= 0.6 is 0 Å². The third kappa shape index (κ3) is 3.36. The maximum Gasteiger partial charge on any atom is 0.406 e. The van der Waals surface area contributed by atoms with Gasteiger partial charge in [0.05, 0.1) is 5.56 Å². The van der Waals surface area contributed by atoms with Crippen LogP contribution in [-0.2, 0) is 0 Å². The number of aromatic hydroxyl groups is 1. The van der Waals surface area contributed by atoms with E-state index in [-0.39, 0.29) is 5.75 Å². The summed E-state index contributed by atoms with van der Waals surface area (Å²) < 4.78 is 50.7. The lowest BCUT2D eigenvalue weighted by Crippen LogP contribution is -2.40. The smallest absolute Gasteiger partial charge is 0.406 e. The molecule has 1 aromatic rings. The van der Waals surface area contributed by atoms with Crippen molar-refractivity contribution in [2.24, 2.45) is 0 Å². The highest BCUT2D eigenvalue weighted by Gasteiger charge is 2.41. The van der Waals surface area contributed by atoms with Crippen molar-refractivity contribution in [2.75, 3.05) is 6.54 Å². The Balaban J connectivity index is 2.24. The van der Waals surface area contributed by atoms with Gasteiger partial charge < -0.3 is 10.0 Å². The topological polar surface area (TPSA) is 40.5 Å². The fourth-order valence-corrected chi connectivity index (χ4v) is 1.78. The summed E-state index contributed by atoms with van der Waals surface area (Å²) in [5, 5.41) is 9.02. The van der Waals surface area contributed by atoms with Crippen molar-refractivity contribution in [2.45, 2.75) is 25.1 Å². The van der Waals surface area contributed by atoms with Gasteiger partial charge >= 0.3 is 6.18 Å². The molecule has 0 unspecified atom stereocenters. The molecule has 1 fully saturated rings. The molecule has 1 saturated carbocycles. The maximum atomic E-state index is 13.5. The Hall–Kier alpha value is -1.79. The summed E-state index contributed by atoms with van der Waals surface area (Å²) in [7, 11) is 0. The number of amides is 1. The van der Waals surface area contributed by atoms with E-state index in [0.29, 0.717) is 23.8 Å². The summed E-state index contributed by atoms with van der Waals surface area (Å²) >= 11 is 0. The number of alkyl halides is 3. The standard InChI is InChI=1S/C12H11F4NO2/c13-10-5-8(18)3-4-9(10)11(19)17(7-1-2-7)6-12(14,15)16/h3-5,7,18H,1-2,6H2. The number of benzene rings is 1. The largest absolute Gasteiger partial charge is 0.508 e. The summed E-state index contributed by atoms with van der Waals surface area (Å²) in [6, 6.07) is 2.27. The minimum atomic E-state index is -4.52. The summed E-state index contributed by atoms with van der Waals surface area (Å²) in [5.41, 5.74) is -0.464. The predicted octanol–water partition coefficient (Wildman–Crippen LogP) is 2.70. The molecule has 19 heavy (non-hydrogen) atoms. The van der Waals surface area contributed by atoms with Gasteiger partial charge in [-0.15, -0.1) is 0 Å². The van der Waals surface area contributed by atoms with Crippen molar-refractivity contribution in [1.29, 1.82) is 0 Å². The lowest BCUT2D eigenvalue weighted by Gasteiger charge is -2.24. The van der Waals surface area contributed by atoms with Gasteiger partial charge in [-0.1, -0.05) is 0 Å². The molecule has 0 aliphatic heterocycles. The predicted molar refractivity (Wildman–Crippen MR) is 58.2 cm³/mol. The van der Waals surface area contributed by atoms with E-state index in [0.717, 1.165) is 12.1 Å². The highest BCUT2D eigenvalue weighted by molar-refractivity contribution is 5.95. The van der Waals surface area contributed by atoms with Gasteiger partial charge in [0, 0.05) is 12.1 Å². The minimum absolute atomic E-state index is 0.386. The molecule has 7 heteroatoms. The van der Waals surface area contributed by atoms with Gasteiger partial charge in [0.1, 0.15) is 18.1 Å². The van der Waals surface area contributed by atoms with Gasteiger partial charge in [-0.25, -0.2) is 4.39 Å². The summed E-state index contributed by atoms with van der Waals surface area (Å²) in [4.78, 5) is 12.6. The van der Waals surface area contributed by atoms with E-state index in [1.54, 1.807) is 0 Å². The summed E-state index contributed by atoms with van der Waals surface area (Å²) in [6.07, 6.45) is -3.55. The van der Waals surface area contributed by atoms with Crippen LogP contribution in [0.15, 0.2) is 18.2 Å². The van der Waals surface area contributed by atoms with E-state index in [9.17, 15) is 22.4 Å². The first-order valence-corrected chi connectivity index (χ1v) is 5.64. The van der Waals surface area contributed by atoms with Crippen molar-refractivity contribution in [3.8, 4) is 5.75 Å². The lowest BCUT2D eigenvalue weighted by molar-refractivity contribution is -0.141. The third-order valence-electron chi connectivity index (χ3n) is 2.78. The average molecular weight is 277 g/mol. The number of phenolic OH excluding ortho intramolecular Hbond substituents is 1. The number of carbonyl (C=O) groups excluding carboxylic acids is 1. The lowest BCUT2D eigenvalue weighted by atomic mass is 10.1. The second-order valence-electron chi connectivity index (χ2n) is 4.44. The Morgan fingerprint density at radius 1 is 1.37 bits per heavy atom. The van der Waals surface area contributed by atoms with Crippen LogP contribution in [0.5, 0.6) is 5.75 Å². The van der Waals surface area contributed by atoms with Crippen molar-refractivity contribution < 1.29 is 27.5 Å². The molecule has 1 amide bonds. The van der Waals surface area contributed by atoms with Crippen LogP contribution in [0.1, 0.15) is 23.2 Å². The van der Waals surface area contributed by atoms with Gasteiger partial charge in [0.2, 0.25) is 0 Å². The van der Waals surface area contributed by atoms with E-state index in [1.165, 1.54) is 0 Å². The minimum Gasteiger partial charge on any atom is -0.508 e. The molecule has 0 radical (unpaired) electrons. The van der Waals surface area contributed by atoms with Crippen LogP contribution in [0.25, 0.3) is 0 Å². The zero-order valence-electron chi connectivity index (χ0n) is 9.75. The van der Waals surface area contributed by atoms with Crippen LogP contribution in [-0.4, -0.2) is 34.7 Å².